The van der Waals surface area contributed by atoms with Gasteiger partial charge in [0.05, 0.1) is 5.69 Å². The first-order chi connectivity index (χ1) is 22.4. The van der Waals surface area contributed by atoms with E-state index in [2.05, 4.69) is 5.32 Å². The van der Waals surface area contributed by atoms with Gasteiger partial charge < -0.3 is 9.47 Å². The molecule has 0 radical (unpaired) electrons. The van der Waals surface area contributed by atoms with Gasteiger partial charge in [-0.05, 0) is 96.1 Å². The molecule has 0 saturated carbocycles. The molecule has 46 heavy (non-hydrogen) atoms. The van der Waals surface area contributed by atoms with Crippen molar-refractivity contribution in [2.75, 3.05) is 4.90 Å². The summed E-state index contributed by atoms with van der Waals surface area (Å²) in [5.41, 5.74) is 3.42. The fourth-order valence-electron chi connectivity index (χ4n) is 5.89. The van der Waals surface area contributed by atoms with E-state index in [-0.39, 0.29) is 22.3 Å². The molecule has 8 nitrogen and oxygen atoms in total. The lowest BCUT2D eigenvalue weighted by Crippen LogP contribution is -2.42. The molecule has 0 bridgehead atoms. The Morgan fingerprint density at radius 2 is 0.804 bits per heavy atom. The molecule has 0 atom stereocenters. The number of nitrogens with zero attached hydrogens (tertiary/aromatic N) is 1. The molecule has 6 aromatic rings. The molecule has 1 N–H and O–H groups in total. The molecular formula is C38H22N2O6. The lowest BCUT2D eigenvalue weighted by atomic mass is 9.86. The van der Waals surface area contributed by atoms with E-state index in [1.165, 1.54) is 24.3 Å². The Hall–Kier alpha value is -6.54. The van der Waals surface area contributed by atoms with E-state index in [0.29, 0.717) is 28.0 Å². The quantitative estimate of drug-likeness (QED) is 0.195. The number of ether oxygens (including phenoxy) is 2. The predicted octanol–water partition coefficient (Wildman–Crippen LogP) is 7.78. The molecule has 0 unspecified atom stereocenters. The van der Waals surface area contributed by atoms with Gasteiger partial charge in [-0.3, -0.25) is 24.5 Å². The third kappa shape index (κ3) is 4.48. The number of benzene rings is 6. The van der Waals surface area contributed by atoms with Gasteiger partial charge in [-0.15, -0.1) is 0 Å². The number of hydrogen-bond acceptors (Lipinski definition) is 6. The minimum atomic E-state index is -0.558. The fourth-order valence-corrected chi connectivity index (χ4v) is 5.89. The van der Waals surface area contributed by atoms with Crippen LogP contribution in [0.4, 0.5) is 5.69 Å². The molecule has 2 heterocycles. The zero-order valence-electron chi connectivity index (χ0n) is 24.0. The number of amides is 4. The Balaban J connectivity index is 0.993. The van der Waals surface area contributed by atoms with Gasteiger partial charge in [-0.2, -0.15) is 0 Å². The Morgan fingerprint density at radius 1 is 0.413 bits per heavy atom. The number of nitrogens with one attached hydrogen (secondary N) is 1. The highest BCUT2D eigenvalue weighted by Crippen LogP contribution is 2.38. The number of para-hydroxylation sites is 1. The van der Waals surface area contributed by atoms with Crippen molar-refractivity contribution in [1.29, 1.82) is 0 Å². The molecule has 0 spiro atoms. The van der Waals surface area contributed by atoms with Crippen LogP contribution in [0.5, 0.6) is 23.0 Å². The molecule has 0 aliphatic carbocycles. The number of rotatable bonds is 6. The largest absolute Gasteiger partial charge is 0.457 e. The number of imide groups is 2. The second-order valence-corrected chi connectivity index (χ2v) is 10.9. The van der Waals surface area contributed by atoms with Gasteiger partial charge in [0.25, 0.3) is 23.6 Å². The molecule has 0 fully saturated rings. The van der Waals surface area contributed by atoms with Crippen molar-refractivity contribution in [3.63, 3.8) is 0 Å². The number of carbonyl (C=O) groups is 4. The van der Waals surface area contributed by atoms with Gasteiger partial charge in [-0.1, -0.05) is 42.5 Å². The van der Waals surface area contributed by atoms with Gasteiger partial charge in [0, 0.05) is 33.0 Å². The molecule has 220 valence electrons. The van der Waals surface area contributed by atoms with Crippen molar-refractivity contribution < 1.29 is 28.7 Å². The first kappa shape index (κ1) is 27.0. The molecule has 4 amide bonds. The number of anilines is 1. The van der Waals surface area contributed by atoms with Crippen LogP contribution in [0.2, 0.25) is 0 Å². The van der Waals surface area contributed by atoms with Crippen LogP contribution in [0.15, 0.2) is 127 Å². The van der Waals surface area contributed by atoms with E-state index in [1.807, 2.05) is 78.9 Å². The maximum atomic E-state index is 13.6. The van der Waals surface area contributed by atoms with Crippen LogP contribution in [0.25, 0.3) is 21.9 Å². The second kappa shape index (κ2) is 10.6. The summed E-state index contributed by atoms with van der Waals surface area (Å²) >= 11 is 0. The zero-order chi connectivity index (χ0) is 31.4. The average Bonchev–Trinajstić information content (AvgIpc) is 3.08. The number of hydrogen-bond donors (Lipinski definition) is 1. The van der Waals surface area contributed by atoms with Crippen molar-refractivity contribution in [3.05, 3.63) is 150 Å². The molecule has 2 aliphatic rings. The summed E-state index contributed by atoms with van der Waals surface area (Å²) in [6, 6.07) is 37.9. The Bertz CT molecular complexity index is 2160. The minimum Gasteiger partial charge on any atom is -0.457 e. The summed E-state index contributed by atoms with van der Waals surface area (Å²) in [4.78, 5) is 53.2. The molecule has 8 heteroatoms. The predicted molar refractivity (Wildman–Crippen MR) is 172 cm³/mol. The molecule has 2 aliphatic heterocycles. The average molecular weight is 603 g/mol. The lowest BCUT2D eigenvalue weighted by Gasteiger charge is -2.29. The zero-order valence-corrected chi connectivity index (χ0v) is 24.0. The number of carbonyl (C=O) groups excluding carboxylic acids is 4. The van der Waals surface area contributed by atoms with Crippen molar-refractivity contribution in [3.8, 4) is 34.1 Å². The Labute approximate surface area is 262 Å². The van der Waals surface area contributed by atoms with Gasteiger partial charge in [0.1, 0.15) is 23.0 Å². The van der Waals surface area contributed by atoms with Crippen LogP contribution in [0.3, 0.4) is 0 Å². The van der Waals surface area contributed by atoms with E-state index >= 15 is 0 Å². The SMILES string of the molecule is O=C1NC(=O)c2ccc3c4c(ccc1c24)C(=O)N(c1ccc(Oc2ccc(-c4ccc(Oc5ccccc5)cc4)cc2)cc1)C3=O. The van der Waals surface area contributed by atoms with Crippen LogP contribution in [-0.4, -0.2) is 23.6 Å². The Morgan fingerprint density at radius 3 is 1.28 bits per heavy atom. The van der Waals surface area contributed by atoms with Crippen LogP contribution in [-0.2, 0) is 0 Å². The van der Waals surface area contributed by atoms with Crippen LogP contribution >= 0.6 is 0 Å². The third-order valence-electron chi connectivity index (χ3n) is 8.10. The summed E-state index contributed by atoms with van der Waals surface area (Å²) in [6.07, 6.45) is 0. The smallest absolute Gasteiger partial charge is 0.265 e. The fraction of sp³-hybridized carbons (Fsp3) is 0. The van der Waals surface area contributed by atoms with Gasteiger partial charge in [-0.25, -0.2) is 4.90 Å². The Kier molecular flexibility index (Phi) is 6.21. The summed E-state index contributed by atoms with van der Waals surface area (Å²) in [5.74, 6) is 0.486. The normalized spacial score (nSPS) is 13.5. The standard InChI is InChI=1S/C38H22N2O6/c41-35-29-18-20-31-34-32(21-19-30(33(29)34)36(42)39-35)38(44)40(37(31)43)24-10-16-28(17-11-24)46-27-14-8-23(9-15-27)22-6-12-26(13-7-22)45-25-4-2-1-3-5-25/h1-21H,(H,39,41,42). The van der Waals surface area contributed by atoms with E-state index in [9.17, 15) is 19.2 Å². The van der Waals surface area contributed by atoms with Crippen molar-refractivity contribution in [2.24, 2.45) is 0 Å². The van der Waals surface area contributed by atoms with Gasteiger partial charge in [0.2, 0.25) is 0 Å². The molecule has 0 saturated heterocycles. The first-order valence-electron chi connectivity index (χ1n) is 14.5. The van der Waals surface area contributed by atoms with Crippen LogP contribution in [0.1, 0.15) is 41.4 Å². The van der Waals surface area contributed by atoms with E-state index in [1.54, 1.807) is 24.3 Å². The van der Waals surface area contributed by atoms with Crippen LogP contribution in [0, 0.1) is 0 Å². The second-order valence-electron chi connectivity index (χ2n) is 10.9. The highest BCUT2D eigenvalue weighted by Gasteiger charge is 2.37. The minimum absolute atomic E-state index is 0.247. The van der Waals surface area contributed by atoms with E-state index in [0.717, 1.165) is 27.5 Å². The highest BCUT2D eigenvalue weighted by molar-refractivity contribution is 6.39. The maximum absolute atomic E-state index is 13.6. The lowest BCUT2D eigenvalue weighted by molar-refractivity contribution is 0.0837. The summed E-state index contributed by atoms with van der Waals surface area (Å²) in [5, 5.41) is 2.95. The third-order valence-corrected chi connectivity index (χ3v) is 8.10. The topological polar surface area (TPSA) is 102 Å². The van der Waals surface area contributed by atoms with Gasteiger partial charge >= 0.3 is 0 Å². The molecular weight excluding hydrogens is 580 g/mol. The van der Waals surface area contributed by atoms with E-state index < -0.39 is 23.6 Å². The molecule has 8 rings (SSSR count). The van der Waals surface area contributed by atoms with Crippen molar-refractivity contribution in [1.82, 2.24) is 5.32 Å². The molecule has 6 aromatic carbocycles. The maximum Gasteiger partial charge on any atom is 0.265 e. The van der Waals surface area contributed by atoms with Crippen molar-refractivity contribution >= 4 is 40.1 Å². The summed E-state index contributed by atoms with van der Waals surface area (Å²) < 4.78 is 11.9. The molecule has 0 aromatic heterocycles. The first-order valence-corrected chi connectivity index (χ1v) is 14.5. The monoisotopic (exact) mass is 602 g/mol. The van der Waals surface area contributed by atoms with Crippen LogP contribution < -0.4 is 19.7 Å². The van der Waals surface area contributed by atoms with Crippen molar-refractivity contribution in [2.45, 2.75) is 0 Å². The van der Waals surface area contributed by atoms with Gasteiger partial charge in [0.15, 0.2) is 0 Å². The van der Waals surface area contributed by atoms with E-state index in [4.69, 9.17) is 9.47 Å². The summed E-state index contributed by atoms with van der Waals surface area (Å²) in [7, 11) is 0. The summed E-state index contributed by atoms with van der Waals surface area (Å²) in [6.45, 7) is 0. The highest BCUT2D eigenvalue weighted by atomic mass is 16.5.